The number of hydrogen-bond acceptors (Lipinski definition) is 5. The molecule has 2 aromatic heterocycles. The molecule has 3 aromatic rings. The number of halogens is 1. The van der Waals surface area contributed by atoms with Crippen molar-refractivity contribution in [1.82, 2.24) is 15.3 Å². The maximum atomic E-state index is 12.8. The van der Waals surface area contributed by atoms with Crippen molar-refractivity contribution in [2.45, 2.75) is 6.42 Å². The molecular weight excluding hydrogens is 428 g/mol. The molecule has 1 aromatic carbocycles. The third-order valence-corrected chi connectivity index (χ3v) is 5.83. The van der Waals surface area contributed by atoms with Crippen molar-refractivity contribution in [2.24, 2.45) is 5.92 Å². The zero-order valence-electron chi connectivity index (χ0n) is 17.4. The van der Waals surface area contributed by atoms with Crippen molar-refractivity contribution < 1.29 is 14.3 Å². The van der Waals surface area contributed by atoms with Gasteiger partial charge in [-0.1, -0.05) is 29.5 Å². The van der Waals surface area contributed by atoms with Crippen molar-refractivity contribution in [3.8, 4) is 28.8 Å². The maximum Gasteiger partial charge on any atom is 0.255 e. The average Bonchev–Trinajstić information content (AvgIpc) is 3.12. The third kappa shape index (κ3) is 3.68. The van der Waals surface area contributed by atoms with Crippen LogP contribution in [0.5, 0.6) is 5.75 Å². The molecule has 32 heavy (non-hydrogen) atoms. The quantitative estimate of drug-likeness (QED) is 0.529. The standard InChI is InChI=1S/C24H21ClN4O3/c1-31-23-17(25)3-2-4-19(23)29-22-20-18(8-10-27-24(20)30)28-21(22)16-7-9-26-11-15(16)6-5-14-12-32-13-14/h2-4,7,9,11,14,28-29H,8,10,12-13H2,1H3,(H,27,30). The van der Waals surface area contributed by atoms with E-state index in [2.05, 4.69) is 32.4 Å². The number of aromatic nitrogens is 2. The summed E-state index contributed by atoms with van der Waals surface area (Å²) in [5.74, 6) is 7.09. The van der Waals surface area contributed by atoms with Gasteiger partial charge in [0.25, 0.3) is 5.91 Å². The Morgan fingerprint density at radius 3 is 2.97 bits per heavy atom. The lowest BCUT2D eigenvalue weighted by Gasteiger charge is -2.20. The van der Waals surface area contributed by atoms with Crippen LogP contribution in [0.1, 0.15) is 21.6 Å². The van der Waals surface area contributed by atoms with Crippen molar-refractivity contribution in [2.75, 3.05) is 32.2 Å². The summed E-state index contributed by atoms with van der Waals surface area (Å²) >= 11 is 6.33. The molecule has 7 nitrogen and oxygen atoms in total. The van der Waals surface area contributed by atoms with E-state index in [1.165, 1.54) is 0 Å². The summed E-state index contributed by atoms with van der Waals surface area (Å²) in [7, 11) is 1.56. The van der Waals surface area contributed by atoms with E-state index < -0.39 is 0 Å². The summed E-state index contributed by atoms with van der Waals surface area (Å²) in [6.07, 6.45) is 4.16. The van der Waals surface area contributed by atoms with E-state index in [1.807, 2.05) is 18.2 Å². The molecule has 1 amide bonds. The van der Waals surface area contributed by atoms with Crippen LogP contribution in [-0.4, -0.2) is 42.7 Å². The molecule has 0 radical (unpaired) electrons. The molecule has 5 rings (SSSR count). The number of pyridine rings is 1. The second kappa shape index (κ2) is 8.58. The predicted molar refractivity (Wildman–Crippen MR) is 123 cm³/mol. The summed E-state index contributed by atoms with van der Waals surface area (Å²) in [6, 6.07) is 7.35. The number of rotatable bonds is 4. The van der Waals surface area contributed by atoms with Crippen LogP contribution >= 0.6 is 11.6 Å². The van der Waals surface area contributed by atoms with Gasteiger partial charge < -0.3 is 25.1 Å². The number of methoxy groups -OCH3 is 1. The number of nitrogens with one attached hydrogen (secondary N) is 3. The molecule has 3 N–H and O–H groups in total. The maximum absolute atomic E-state index is 12.8. The van der Waals surface area contributed by atoms with Gasteiger partial charge in [0.2, 0.25) is 0 Å². The summed E-state index contributed by atoms with van der Waals surface area (Å²) in [6.45, 7) is 1.89. The average molecular weight is 449 g/mol. The molecule has 162 valence electrons. The van der Waals surface area contributed by atoms with E-state index in [1.54, 1.807) is 25.6 Å². The lowest BCUT2D eigenvalue weighted by Crippen LogP contribution is -2.31. The number of anilines is 2. The summed E-state index contributed by atoms with van der Waals surface area (Å²) in [5.41, 5.74) is 5.17. The van der Waals surface area contributed by atoms with Gasteiger partial charge in [-0.05, 0) is 18.2 Å². The van der Waals surface area contributed by atoms with Crippen LogP contribution in [0.4, 0.5) is 11.4 Å². The van der Waals surface area contributed by atoms with Crippen LogP contribution in [0.3, 0.4) is 0 Å². The first-order chi connectivity index (χ1) is 15.7. The lowest BCUT2D eigenvalue weighted by molar-refractivity contribution is -0.00300. The smallest absolute Gasteiger partial charge is 0.255 e. The first kappa shape index (κ1) is 20.4. The van der Waals surface area contributed by atoms with Gasteiger partial charge in [0.15, 0.2) is 5.75 Å². The molecule has 8 heteroatoms. The minimum Gasteiger partial charge on any atom is -0.493 e. The number of aromatic amines is 1. The highest BCUT2D eigenvalue weighted by molar-refractivity contribution is 6.32. The minimum atomic E-state index is -0.134. The SMILES string of the molecule is COc1c(Cl)cccc1Nc1c(-c2ccncc2C#CC2COC2)[nH]c2c1C(=O)NCC2. The highest BCUT2D eigenvalue weighted by Crippen LogP contribution is 2.41. The first-order valence-corrected chi connectivity index (χ1v) is 10.7. The van der Waals surface area contributed by atoms with Gasteiger partial charge in [-0.15, -0.1) is 0 Å². The Hall–Kier alpha value is -3.47. The highest BCUT2D eigenvalue weighted by atomic mass is 35.5. The van der Waals surface area contributed by atoms with Gasteiger partial charge >= 0.3 is 0 Å². The van der Waals surface area contributed by atoms with Crippen LogP contribution in [0, 0.1) is 17.8 Å². The van der Waals surface area contributed by atoms with Crippen molar-refractivity contribution >= 4 is 28.9 Å². The minimum absolute atomic E-state index is 0.134. The van der Waals surface area contributed by atoms with E-state index in [9.17, 15) is 4.79 Å². The Morgan fingerprint density at radius 1 is 1.31 bits per heavy atom. The summed E-state index contributed by atoms with van der Waals surface area (Å²) in [5, 5.41) is 6.80. The Morgan fingerprint density at radius 2 is 2.19 bits per heavy atom. The van der Waals surface area contributed by atoms with Gasteiger partial charge in [-0.2, -0.15) is 0 Å². The number of para-hydroxylation sites is 1. The number of carbonyl (C=O) groups is 1. The number of hydrogen-bond donors (Lipinski definition) is 3. The van der Waals surface area contributed by atoms with Crippen molar-refractivity contribution in [3.05, 3.63) is 58.5 Å². The third-order valence-electron chi connectivity index (χ3n) is 5.54. The van der Waals surface area contributed by atoms with Gasteiger partial charge in [0, 0.05) is 36.6 Å². The second-order valence-electron chi connectivity index (χ2n) is 7.61. The number of nitrogens with zero attached hydrogens (tertiary/aromatic N) is 1. The highest BCUT2D eigenvalue weighted by Gasteiger charge is 2.28. The molecule has 0 aliphatic carbocycles. The van der Waals surface area contributed by atoms with E-state index in [0.717, 1.165) is 22.5 Å². The Balaban J connectivity index is 1.65. The molecular formula is C24H21ClN4O3. The van der Waals surface area contributed by atoms with Crippen molar-refractivity contribution in [1.29, 1.82) is 0 Å². The van der Waals surface area contributed by atoms with Crippen LogP contribution in [-0.2, 0) is 11.2 Å². The molecule has 0 saturated carbocycles. The van der Waals surface area contributed by atoms with Gasteiger partial charge in [-0.3, -0.25) is 9.78 Å². The van der Waals surface area contributed by atoms with Crippen LogP contribution in [0.2, 0.25) is 5.02 Å². The number of benzene rings is 1. The van der Waals surface area contributed by atoms with E-state index in [0.29, 0.717) is 53.9 Å². The molecule has 1 fully saturated rings. The van der Waals surface area contributed by atoms with Crippen LogP contribution in [0.15, 0.2) is 36.7 Å². The fourth-order valence-electron chi connectivity index (χ4n) is 3.87. The molecule has 0 spiro atoms. The molecule has 0 bridgehead atoms. The molecule has 0 unspecified atom stereocenters. The fraction of sp³-hybridized carbons (Fsp3) is 0.250. The van der Waals surface area contributed by atoms with E-state index in [4.69, 9.17) is 21.1 Å². The number of H-pyrrole nitrogens is 1. The Labute approximate surface area is 190 Å². The number of carbonyl (C=O) groups excluding carboxylic acids is 1. The molecule has 2 aliphatic rings. The topological polar surface area (TPSA) is 88.3 Å². The van der Waals surface area contributed by atoms with Crippen molar-refractivity contribution in [3.63, 3.8) is 0 Å². The van der Waals surface area contributed by atoms with Gasteiger partial charge in [-0.25, -0.2) is 0 Å². The van der Waals surface area contributed by atoms with Crippen LogP contribution in [0.25, 0.3) is 11.3 Å². The Kier molecular flexibility index (Phi) is 5.48. The zero-order chi connectivity index (χ0) is 22.1. The van der Waals surface area contributed by atoms with Gasteiger partial charge in [0.1, 0.15) is 0 Å². The first-order valence-electron chi connectivity index (χ1n) is 10.3. The van der Waals surface area contributed by atoms with Crippen LogP contribution < -0.4 is 15.4 Å². The predicted octanol–water partition coefficient (Wildman–Crippen LogP) is 3.77. The molecule has 0 atom stereocenters. The largest absolute Gasteiger partial charge is 0.493 e. The normalized spacial score (nSPS) is 15.1. The molecule has 1 saturated heterocycles. The monoisotopic (exact) mass is 448 g/mol. The zero-order valence-corrected chi connectivity index (χ0v) is 18.2. The Bertz CT molecular complexity index is 1250. The summed E-state index contributed by atoms with van der Waals surface area (Å²) < 4.78 is 10.7. The van der Waals surface area contributed by atoms with Gasteiger partial charge in [0.05, 0.1) is 59.5 Å². The lowest BCUT2D eigenvalue weighted by atomic mass is 10.0. The fourth-order valence-corrected chi connectivity index (χ4v) is 4.12. The number of fused-ring (bicyclic) bond motifs is 1. The number of ether oxygens (including phenoxy) is 2. The second-order valence-corrected chi connectivity index (χ2v) is 8.01. The molecule has 2 aliphatic heterocycles. The summed E-state index contributed by atoms with van der Waals surface area (Å²) in [4.78, 5) is 20.5. The van der Waals surface area contributed by atoms with E-state index >= 15 is 0 Å². The molecule has 4 heterocycles. The number of amides is 1. The van der Waals surface area contributed by atoms with E-state index in [-0.39, 0.29) is 11.8 Å².